The molecule has 3 aromatic heterocycles. The molecular formula is C24H24FN7O3. The number of aryl methyl sites for hydroxylation is 1. The number of halogens is 1. The summed E-state index contributed by atoms with van der Waals surface area (Å²) in [7, 11) is 0. The molecule has 0 atom stereocenters. The number of nitrogen functional groups attached to an aromatic ring is 1. The Morgan fingerprint density at radius 2 is 1.94 bits per heavy atom. The molecule has 10 nitrogen and oxygen atoms in total. The van der Waals surface area contributed by atoms with E-state index in [9.17, 15) is 4.79 Å². The summed E-state index contributed by atoms with van der Waals surface area (Å²) in [5, 5.41) is 0.533. The lowest BCUT2D eigenvalue weighted by molar-refractivity contribution is 0.0584. The molecule has 0 fully saturated rings. The molecule has 4 heterocycles. The number of anilines is 2. The van der Waals surface area contributed by atoms with Crippen LogP contribution in [0, 0.1) is 12.7 Å². The van der Waals surface area contributed by atoms with E-state index in [0.717, 1.165) is 0 Å². The van der Waals surface area contributed by atoms with Gasteiger partial charge in [-0.15, -0.1) is 0 Å². The molecule has 180 valence electrons. The number of amides is 1. The normalized spacial score (nSPS) is 13.2. The summed E-state index contributed by atoms with van der Waals surface area (Å²) in [5.41, 5.74) is 7.82. The summed E-state index contributed by atoms with van der Waals surface area (Å²) in [6.45, 7) is 8.05. The van der Waals surface area contributed by atoms with Crippen molar-refractivity contribution in [1.82, 2.24) is 24.5 Å². The van der Waals surface area contributed by atoms with Gasteiger partial charge in [-0.25, -0.2) is 29.1 Å². The van der Waals surface area contributed by atoms with Gasteiger partial charge in [-0.05, 0) is 51.5 Å². The molecular weight excluding hydrogens is 453 g/mol. The first-order chi connectivity index (χ1) is 16.6. The van der Waals surface area contributed by atoms with Crippen molar-refractivity contribution in [2.24, 2.45) is 0 Å². The van der Waals surface area contributed by atoms with Crippen LogP contribution in [0.25, 0.3) is 22.2 Å². The number of carbonyl (C=O) groups is 1. The zero-order valence-electron chi connectivity index (χ0n) is 19.7. The van der Waals surface area contributed by atoms with Crippen molar-refractivity contribution in [2.75, 3.05) is 17.2 Å². The predicted octanol–water partition coefficient (Wildman–Crippen LogP) is 4.47. The van der Waals surface area contributed by atoms with Gasteiger partial charge in [-0.3, -0.25) is 4.90 Å². The average molecular weight is 478 g/mol. The lowest BCUT2D eigenvalue weighted by Gasteiger charge is -2.24. The first-order valence-electron chi connectivity index (χ1n) is 11.0. The Hall–Kier alpha value is -4.28. The second-order valence-electron chi connectivity index (χ2n) is 9.17. The van der Waals surface area contributed by atoms with Crippen LogP contribution >= 0.6 is 0 Å². The average Bonchev–Trinajstić information content (AvgIpc) is 3.33. The lowest BCUT2D eigenvalue weighted by atomic mass is 10.0. The number of nitrogens with two attached hydrogens (primary N) is 1. The van der Waals surface area contributed by atoms with E-state index < -0.39 is 17.5 Å². The molecule has 0 radical (unpaired) electrons. The van der Waals surface area contributed by atoms with Crippen LogP contribution in [0.1, 0.15) is 26.5 Å². The molecule has 0 saturated heterocycles. The van der Waals surface area contributed by atoms with Gasteiger partial charge in [0.05, 0.1) is 5.39 Å². The van der Waals surface area contributed by atoms with Crippen molar-refractivity contribution in [2.45, 2.75) is 39.8 Å². The van der Waals surface area contributed by atoms with Crippen LogP contribution in [0.5, 0.6) is 11.8 Å². The Morgan fingerprint density at radius 3 is 2.66 bits per heavy atom. The lowest BCUT2D eigenvalue weighted by Crippen LogP contribution is -2.35. The highest BCUT2D eigenvalue weighted by Crippen LogP contribution is 2.45. The third kappa shape index (κ3) is 4.09. The van der Waals surface area contributed by atoms with Crippen molar-refractivity contribution >= 4 is 28.8 Å². The number of ether oxygens (including phenoxy) is 2. The molecule has 4 aromatic rings. The second kappa shape index (κ2) is 8.19. The molecule has 0 spiro atoms. The largest absolute Gasteiger partial charge is 0.443 e. The van der Waals surface area contributed by atoms with E-state index in [1.807, 2.05) is 4.57 Å². The van der Waals surface area contributed by atoms with Gasteiger partial charge in [-0.2, -0.15) is 0 Å². The van der Waals surface area contributed by atoms with E-state index in [4.69, 9.17) is 15.2 Å². The molecule has 0 unspecified atom stereocenters. The summed E-state index contributed by atoms with van der Waals surface area (Å²) in [5.74, 6) is 0.0899. The van der Waals surface area contributed by atoms with Crippen molar-refractivity contribution in [1.29, 1.82) is 0 Å². The maximum atomic E-state index is 15.2. The number of benzene rings is 1. The van der Waals surface area contributed by atoms with E-state index >= 15 is 4.39 Å². The molecule has 0 bridgehead atoms. The highest BCUT2D eigenvalue weighted by atomic mass is 19.1. The first kappa shape index (κ1) is 22.5. The number of rotatable bonds is 3. The predicted molar refractivity (Wildman–Crippen MR) is 128 cm³/mol. The SMILES string of the molecule is Cc1ccnc(Oc2ccc(-c3c4n(c5ncnc(N)c35)CCN4C(=O)OC(C)(C)C)cc2F)n1. The quantitative estimate of drug-likeness (QED) is 0.459. The van der Waals surface area contributed by atoms with E-state index in [-0.39, 0.29) is 17.6 Å². The number of carbonyl (C=O) groups excluding carboxylic acids is 1. The summed E-state index contributed by atoms with van der Waals surface area (Å²) < 4.78 is 28.2. The highest BCUT2D eigenvalue weighted by molar-refractivity contribution is 6.10. The van der Waals surface area contributed by atoms with Crippen molar-refractivity contribution in [3.63, 3.8) is 0 Å². The van der Waals surface area contributed by atoms with Crippen LogP contribution < -0.4 is 15.4 Å². The Kier molecular flexibility index (Phi) is 5.27. The van der Waals surface area contributed by atoms with Gasteiger partial charge in [-0.1, -0.05) is 6.07 Å². The van der Waals surface area contributed by atoms with Crippen LogP contribution in [0.4, 0.5) is 20.8 Å². The Balaban J connectivity index is 1.62. The molecule has 0 saturated carbocycles. The molecule has 5 rings (SSSR count). The standard InChI is InChI=1S/C24H24FN7O3/c1-13-7-8-27-22(30-13)34-16-6-5-14(11-15(16)25)17-18-19(26)28-12-29-20(18)31-9-10-32(21(17)31)23(33)35-24(2,3)4/h5-8,11-12H,9-10H2,1-4H3,(H2,26,28,29). The van der Waals surface area contributed by atoms with Gasteiger partial charge in [0, 0.05) is 30.5 Å². The summed E-state index contributed by atoms with van der Waals surface area (Å²) in [6, 6.07) is 6.24. The Labute approximate surface area is 200 Å². The Bertz CT molecular complexity index is 1460. The van der Waals surface area contributed by atoms with Gasteiger partial charge < -0.3 is 19.8 Å². The molecule has 1 aliphatic heterocycles. The van der Waals surface area contributed by atoms with E-state index in [1.54, 1.807) is 39.8 Å². The molecule has 1 amide bonds. The molecule has 2 N–H and O–H groups in total. The fourth-order valence-corrected chi connectivity index (χ4v) is 4.06. The third-order valence-electron chi connectivity index (χ3n) is 5.45. The van der Waals surface area contributed by atoms with Gasteiger partial charge in [0.2, 0.25) is 0 Å². The molecule has 35 heavy (non-hydrogen) atoms. The highest BCUT2D eigenvalue weighted by Gasteiger charge is 2.35. The van der Waals surface area contributed by atoms with Crippen molar-refractivity contribution < 1.29 is 18.7 Å². The minimum atomic E-state index is -0.682. The van der Waals surface area contributed by atoms with Gasteiger partial charge in [0.1, 0.15) is 29.2 Å². The fourth-order valence-electron chi connectivity index (χ4n) is 4.06. The Morgan fingerprint density at radius 1 is 1.14 bits per heavy atom. The maximum Gasteiger partial charge on any atom is 0.416 e. The zero-order valence-corrected chi connectivity index (χ0v) is 19.7. The van der Waals surface area contributed by atoms with E-state index in [0.29, 0.717) is 46.8 Å². The van der Waals surface area contributed by atoms with E-state index in [1.165, 1.54) is 29.6 Å². The molecule has 11 heteroatoms. The second-order valence-corrected chi connectivity index (χ2v) is 9.17. The molecule has 1 aromatic carbocycles. The number of aromatic nitrogens is 5. The minimum absolute atomic E-state index is 0.0345. The number of hydrogen-bond donors (Lipinski definition) is 1. The molecule has 0 aliphatic carbocycles. The topological polar surface area (TPSA) is 121 Å². The van der Waals surface area contributed by atoms with Crippen LogP contribution in [0.15, 0.2) is 36.8 Å². The fraction of sp³-hybridized carbons (Fsp3) is 0.292. The summed E-state index contributed by atoms with van der Waals surface area (Å²) in [6.07, 6.45) is 2.39. The van der Waals surface area contributed by atoms with Crippen LogP contribution in [-0.4, -0.2) is 42.7 Å². The summed E-state index contributed by atoms with van der Waals surface area (Å²) >= 11 is 0. The first-order valence-corrected chi connectivity index (χ1v) is 11.0. The van der Waals surface area contributed by atoms with Gasteiger partial charge >= 0.3 is 12.1 Å². The minimum Gasteiger partial charge on any atom is -0.443 e. The van der Waals surface area contributed by atoms with Gasteiger partial charge in [0.25, 0.3) is 0 Å². The van der Waals surface area contributed by atoms with Crippen LogP contribution in [-0.2, 0) is 11.3 Å². The number of nitrogens with zero attached hydrogens (tertiary/aromatic N) is 6. The number of hydrogen-bond acceptors (Lipinski definition) is 8. The van der Waals surface area contributed by atoms with E-state index in [2.05, 4.69) is 19.9 Å². The van der Waals surface area contributed by atoms with Crippen LogP contribution in [0.3, 0.4) is 0 Å². The van der Waals surface area contributed by atoms with Crippen molar-refractivity contribution in [3.05, 3.63) is 48.3 Å². The molecule has 1 aliphatic rings. The monoisotopic (exact) mass is 477 g/mol. The summed E-state index contributed by atoms with van der Waals surface area (Å²) in [4.78, 5) is 31.2. The number of fused-ring (bicyclic) bond motifs is 3. The third-order valence-corrected chi connectivity index (χ3v) is 5.45. The van der Waals surface area contributed by atoms with Crippen LogP contribution in [0.2, 0.25) is 0 Å². The van der Waals surface area contributed by atoms with Gasteiger partial charge in [0.15, 0.2) is 11.6 Å². The maximum absolute atomic E-state index is 15.2. The zero-order chi connectivity index (χ0) is 24.9. The smallest absolute Gasteiger partial charge is 0.416 e. The van der Waals surface area contributed by atoms with Crippen molar-refractivity contribution in [3.8, 4) is 22.9 Å².